The average Bonchev–Trinajstić information content (AvgIpc) is 2.65. The van der Waals surface area contributed by atoms with Crippen molar-refractivity contribution in [3.63, 3.8) is 0 Å². The molecule has 1 saturated heterocycles. The first-order valence-electron chi connectivity index (χ1n) is 6.85. The van der Waals surface area contributed by atoms with E-state index in [-0.39, 0.29) is 5.60 Å². The second-order valence-corrected chi connectivity index (χ2v) is 6.04. The smallest absolute Gasteiger partial charge is 0.201 e. The van der Waals surface area contributed by atoms with E-state index in [0.717, 1.165) is 25.0 Å². The molecule has 0 amide bonds. The van der Waals surface area contributed by atoms with Crippen molar-refractivity contribution >= 4 is 17.0 Å². The molecule has 2 N–H and O–H groups in total. The first kappa shape index (κ1) is 12.5. The van der Waals surface area contributed by atoms with Crippen molar-refractivity contribution in [3.05, 3.63) is 23.8 Å². The van der Waals surface area contributed by atoms with Crippen LogP contribution in [0.3, 0.4) is 0 Å². The zero-order valence-corrected chi connectivity index (χ0v) is 11.8. The Morgan fingerprint density at radius 1 is 1.42 bits per heavy atom. The lowest BCUT2D eigenvalue weighted by molar-refractivity contribution is -0.0682. The molecule has 2 aromatic rings. The molecule has 1 aromatic heterocycles. The summed E-state index contributed by atoms with van der Waals surface area (Å²) in [5.74, 6) is 0.618. The van der Waals surface area contributed by atoms with Crippen molar-refractivity contribution in [2.24, 2.45) is 0 Å². The standard InChI is InChI=1S/C15H21N3O/c1-10-5-4-6-12-13(10)18(14(16)17-12)11-7-8-19-15(2,3)9-11/h4-6,11H,7-9H2,1-3H3,(H2,16,17). The molecule has 4 heteroatoms. The molecular weight excluding hydrogens is 238 g/mol. The van der Waals surface area contributed by atoms with Gasteiger partial charge in [-0.05, 0) is 45.2 Å². The van der Waals surface area contributed by atoms with Crippen molar-refractivity contribution in [1.29, 1.82) is 0 Å². The average molecular weight is 259 g/mol. The topological polar surface area (TPSA) is 53.1 Å². The SMILES string of the molecule is Cc1cccc2nc(N)n(C3CCOC(C)(C)C3)c12. The summed E-state index contributed by atoms with van der Waals surface area (Å²) in [5.41, 5.74) is 9.45. The molecule has 102 valence electrons. The minimum absolute atomic E-state index is 0.0887. The fraction of sp³-hybridized carbons (Fsp3) is 0.533. The molecule has 1 aliphatic rings. The van der Waals surface area contributed by atoms with Crippen molar-refractivity contribution in [2.45, 2.75) is 45.3 Å². The van der Waals surface area contributed by atoms with E-state index < -0.39 is 0 Å². The Kier molecular flexibility index (Phi) is 2.78. The highest BCUT2D eigenvalue weighted by atomic mass is 16.5. The highest BCUT2D eigenvalue weighted by Gasteiger charge is 2.31. The Hall–Kier alpha value is -1.55. The largest absolute Gasteiger partial charge is 0.375 e. The summed E-state index contributed by atoms with van der Waals surface area (Å²) in [6.07, 6.45) is 1.96. The second kappa shape index (κ2) is 4.23. The maximum Gasteiger partial charge on any atom is 0.201 e. The number of rotatable bonds is 1. The number of fused-ring (bicyclic) bond motifs is 1. The predicted molar refractivity (Wildman–Crippen MR) is 77.2 cm³/mol. The van der Waals surface area contributed by atoms with Crippen molar-refractivity contribution in [3.8, 4) is 0 Å². The molecule has 0 bridgehead atoms. The van der Waals surface area contributed by atoms with Crippen LogP contribution >= 0.6 is 0 Å². The second-order valence-electron chi connectivity index (χ2n) is 6.04. The maximum absolute atomic E-state index is 6.15. The number of nitrogens with zero attached hydrogens (tertiary/aromatic N) is 2. The number of ether oxygens (including phenoxy) is 1. The van der Waals surface area contributed by atoms with E-state index in [9.17, 15) is 0 Å². The lowest BCUT2D eigenvalue weighted by Gasteiger charge is -2.36. The molecule has 2 heterocycles. The molecule has 4 nitrogen and oxygen atoms in total. The monoisotopic (exact) mass is 259 g/mol. The summed E-state index contributed by atoms with van der Waals surface area (Å²) in [4.78, 5) is 4.50. The van der Waals surface area contributed by atoms with Crippen molar-refractivity contribution in [2.75, 3.05) is 12.3 Å². The first-order valence-corrected chi connectivity index (χ1v) is 6.85. The van der Waals surface area contributed by atoms with Crippen LogP contribution in [0.4, 0.5) is 5.95 Å². The van der Waals surface area contributed by atoms with Crippen LogP contribution < -0.4 is 5.73 Å². The van der Waals surface area contributed by atoms with Gasteiger partial charge < -0.3 is 15.0 Å². The zero-order valence-electron chi connectivity index (χ0n) is 11.8. The van der Waals surface area contributed by atoms with E-state index in [0.29, 0.717) is 12.0 Å². The van der Waals surface area contributed by atoms with Gasteiger partial charge in [0.15, 0.2) is 0 Å². The van der Waals surface area contributed by atoms with E-state index in [2.05, 4.69) is 36.4 Å². The number of nitrogen functional groups attached to an aromatic ring is 1. The van der Waals surface area contributed by atoms with Crippen molar-refractivity contribution < 1.29 is 4.74 Å². The molecule has 1 aliphatic heterocycles. The number of para-hydroxylation sites is 1. The molecular formula is C15H21N3O. The summed E-state index contributed by atoms with van der Waals surface area (Å²) >= 11 is 0. The van der Waals surface area contributed by atoms with Crippen LogP contribution in [0.25, 0.3) is 11.0 Å². The molecule has 1 unspecified atom stereocenters. The number of benzene rings is 1. The van der Waals surface area contributed by atoms with E-state index in [1.165, 1.54) is 11.1 Å². The third-order valence-corrected chi connectivity index (χ3v) is 3.98. The van der Waals surface area contributed by atoms with E-state index in [1.807, 2.05) is 12.1 Å². The highest BCUT2D eigenvalue weighted by Crippen LogP contribution is 2.36. The van der Waals surface area contributed by atoms with Crippen LogP contribution in [0.2, 0.25) is 0 Å². The van der Waals surface area contributed by atoms with Gasteiger partial charge in [-0.1, -0.05) is 12.1 Å². The molecule has 0 radical (unpaired) electrons. The van der Waals surface area contributed by atoms with E-state index >= 15 is 0 Å². The number of hydrogen-bond acceptors (Lipinski definition) is 3. The van der Waals surface area contributed by atoms with Crippen LogP contribution in [0.15, 0.2) is 18.2 Å². The Morgan fingerprint density at radius 2 is 2.21 bits per heavy atom. The zero-order chi connectivity index (χ0) is 13.6. The van der Waals surface area contributed by atoms with Gasteiger partial charge in [-0.3, -0.25) is 0 Å². The summed E-state index contributed by atoms with van der Waals surface area (Å²) in [6.45, 7) is 7.18. The minimum atomic E-state index is -0.0887. The van der Waals surface area contributed by atoms with E-state index in [4.69, 9.17) is 10.5 Å². The Balaban J connectivity index is 2.12. The van der Waals surface area contributed by atoms with Gasteiger partial charge in [-0.25, -0.2) is 4.98 Å². The molecule has 3 rings (SSSR count). The number of aromatic nitrogens is 2. The highest BCUT2D eigenvalue weighted by molar-refractivity contribution is 5.81. The van der Waals surface area contributed by atoms with Crippen LogP contribution in [0, 0.1) is 6.92 Å². The number of imidazole rings is 1. The number of hydrogen-bond donors (Lipinski definition) is 1. The van der Waals surface area contributed by atoms with Gasteiger partial charge in [0.2, 0.25) is 5.95 Å². The minimum Gasteiger partial charge on any atom is -0.375 e. The number of anilines is 1. The number of aryl methyl sites for hydroxylation is 1. The normalized spacial score (nSPS) is 22.8. The lowest BCUT2D eigenvalue weighted by Crippen LogP contribution is -2.35. The fourth-order valence-corrected chi connectivity index (χ4v) is 3.13. The maximum atomic E-state index is 6.15. The van der Waals surface area contributed by atoms with Gasteiger partial charge in [0, 0.05) is 12.6 Å². The van der Waals surface area contributed by atoms with Crippen LogP contribution in [0.5, 0.6) is 0 Å². The third-order valence-electron chi connectivity index (χ3n) is 3.98. The van der Waals surface area contributed by atoms with Crippen molar-refractivity contribution in [1.82, 2.24) is 9.55 Å². The Labute approximate surface area is 113 Å². The lowest BCUT2D eigenvalue weighted by atomic mass is 9.93. The first-order chi connectivity index (χ1) is 8.98. The molecule has 19 heavy (non-hydrogen) atoms. The molecule has 1 aromatic carbocycles. The Morgan fingerprint density at radius 3 is 2.95 bits per heavy atom. The summed E-state index contributed by atoms with van der Waals surface area (Å²) in [5, 5.41) is 0. The molecule has 1 atom stereocenters. The Bertz CT molecular complexity index is 615. The van der Waals surface area contributed by atoms with Gasteiger partial charge >= 0.3 is 0 Å². The third kappa shape index (κ3) is 2.10. The van der Waals surface area contributed by atoms with Gasteiger partial charge in [0.25, 0.3) is 0 Å². The summed E-state index contributed by atoms with van der Waals surface area (Å²) in [6, 6.07) is 6.54. The molecule has 0 saturated carbocycles. The van der Waals surface area contributed by atoms with Crippen LogP contribution in [-0.2, 0) is 4.74 Å². The summed E-state index contributed by atoms with van der Waals surface area (Å²) in [7, 11) is 0. The number of nitrogens with two attached hydrogens (primary N) is 1. The van der Waals surface area contributed by atoms with Gasteiger partial charge in [0.1, 0.15) is 0 Å². The molecule has 0 aliphatic carbocycles. The molecule has 1 fully saturated rings. The molecule has 0 spiro atoms. The van der Waals surface area contributed by atoms with Gasteiger partial charge in [-0.15, -0.1) is 0 Å². The predicted octanol–water partition coefficient (Wildman–Crippen LogP) is 3.06. The van der Waals surface area contributed by atoms with Crippen LogP contribution in [0.1, 0.15) is 38.3 Å². The van der Waals surface area contributed by atoms with Gasteiger partial charge in [0.05, 0.1) is 16.6 Å². The van der Waals surface area contributed by atoms with E-state index in [1.54, 1.807) is 0 Å². The quantitative estimate of drug-likeness (QED) is 0.856. The fourth-order valence-electron chi connectivity index (χ4n) is 3.13. The summed E-state index contributed by atoms with van der Waals surface area (Å²) < 4.78 is 8.00. The van der Waals surface area contributed by atoms with Crippen LogP contribution in [-0.4, -0.2) is 21.8 Å². The van der Waals surface area contributed by atoms with Gasteiger partial charge in [-0.2, -0.15) is 0 Å².